The molecule has 3 saturated heterocycles. The summed E-state index contributed by atoms with van der Waals surface area (Å²) >= 11 is 0. The highest BCUT2D eigenvalue weighted by Crippen LogP contribution is 2.26. The van der Waals surface area contributed by atoms with Crippen molar-refractivity contribution in [2.75, 3.05) is 26.2 Å². The van der Waals surface area contributed by atoms with Crippen molar-refractivity contribution in [1.29, 1.82) is 0 Å². The molecule has 11 N–H and O–H groups in total. The summed E-state index contributed by atoms with van der Waals surface area (Å²) in [7, 11) is 0. The van der Waals surface area contributed by atoms with Crippen LogP contribution in [0, 0.1) is 5.92 Å². The summed E-state index contributed by atoms with van der Waals surface area (Å²) in [6.45, 7) is 4.47. The first-order chi connectivity index (χ1) is 28.5. The molecule has 0 bridgehead atoms. The summed E-state index contributed by atoms with van der Waals surface area (Å²) in [6, 6.07) is 0.174. The maximum Gasteiger partial charge on any atom is 0.305 e. The number of nitrogens with two attached hydrogens (primary N) is 2. The Labute approximate surface area is 347 Å². The second-order valence-electron chi connectivity index (χ2n) is 15.5. The molecule has 0 radical (unpaired) electrons. The van der Waals surface area contributed by atoms with Gasteiger partial charge in [0.2, 0.25) is 47.3 Å². The molecule has 7 atom stereocenters. The minimum Gasteiger partial charge on any atom is -0.481 e. The Morgan fingerprint density at radius 2 is 1.38 bits per heavy atom. The average molecular weight is 840 g/mol. The molecule has 3 aliphatic heterocycles. The van der Waals surface area contributed by atoms with Crippen LogP contribution in [0.3, 0.4) is 0 Å². The van der Waals surface area contributed by atoms with E-state index >= 15 is 0 Å². The van der Waals surface area contributed by atoms with E-state index in [1.807, 2.05) is 0 Å². The molecule has 0 saturated carbocycles. The van der Waals surface area contributed by atoms with Gasteiger partial charge in [-0.25, -0.2) is 0 Å². The van der Waals surface area contributed by atoms with Crippen LogP contribution in [0.2, 0.25) is 0 Å². The van der Waals surface area contributed by atoms with Gasteiger partial charge in [-0.3, -0.25) is 48.1 Å². The molecule has 21 heteroatoms. The van der Waals surface area contributed by atoms with Crippen LogP contribution in [0.4, 0.5) is 0 Å². The van der Waals surface area contributed by atoms with Crippen LogP contribution < -0.4 is 43.4 Å². The maximum absolute atomic E-state index is 14.1. The summed E-state index contributed by atoms with van der Waals surface area (Å²) in [4.78, 5) is 128. The number of nitrogens with zero attached hydrogens (tertiary/aromatic N) is 3. The fourth-order valence-electron chi connectivity index (χ4n) is 7.42. The lowest BCUT2D eigenvalue weighted by Crippen LogP contribution is -2.60. The number of guanidine groups is 1. The van der Waals surface area contributed by atoms with Crippen LogP contribution in [0.5, 0.6) is 0 Å². The molecule has 0 aliphatic carbocycles. The van der Waals surface area contributed by atoms with E-state index in [0.29, 0.717) is 31.2 Å². The van der Waals surface area contributed by atoms with E-state index < -0.39 is 114 Å². The zero-order valence-corrected chi connectivity index (χ0v) is 34.1. The van der Waals surface area contributed by atoms with Gasteiger partial charge in [0.05, 0.1) is 13.0 Å². The number of hydrogen-bond acceptors (Lipinski definition) is 10. The van der Waals surface area contributed by atoms with E-state index in [9.17, 15) is 48.3 Å². The standard InChI is InChI=1S/C39H57N11O10/c1-21(2)31-38(60)50-17-9-14-28(50)37(59)49-16-8-13-27(49)36(58)44-22(3)32(54)47-25(18-23-10-5-4-6-11-23)34(56)46-24(12-7-15-42-39(40)41)33(55)43-20-29(51)45-26(19-30(52)53)35(57)48-31/h4-6,10-11,21-22,24-28,31H,7-9,12-20H2,1-3H3,(H,43,55)(H,44,58)(H,45,51)(H,46,56)(H,47,54)(H,48,57)(H,52,53)(H4,40,41,42)/t22-,24-,25-,26-,27-,28+,31-/m0/s1. The van der Waals surface area contributed by atoms with Crippen LogP contribution in [0.1, 0.15) is 71.3 Å². The molecular weight excluding hydrogens is 782 g/mol. The van der Waals surface area contributed by atoms with Gasteiger partial charge in [-0.15, -0.1) is 0 Å². The van der Waals surface area contributed by atoms with Crippen LogP contribution in [0.15, 0.2) is 35.3 Å². The number of hydrogen-bond donors (Lipinski definition) is 9. The quantitative estimate of drug-likeness (QED) is 0.0682. The van der Waals surface area contributed by atoms with Gasteiger partial charge in [0, 0.05) is 26.1 Å². The number of aliphatic imine (C=N–C) groups is 1. The minimum atomic E-state index is -1.67. The molecule has 60 heavy (non-hydrogen) atoms. The first-order valence-electron chi connectivity index (χ1n) is 20.2. The Hall–Kier alpha value is -6.28. The van der Waals surface area contributed by atoms with Crippen molar-refractivity contribution in [2.24, 2.45) is 22.4 Å². The van der Waals surface area contributed by atoms with E-state index in [-0.39, 0.29) is 44.9 Å². The number of carboxylic acid groups (broad SMARTS) is 1. The van der Waals surface area contributed by atoms with Gasteiger partial charge < -0.3 is 58.3 Å². The Bertz CT molecular complexity index is 1810. The molecule has 1 aromatic carbocycles. The lowest BCUT2D eigenvalue weighted by molar-refractivity contribution is -0.149. The average Bonchev–Trinajstić information content (AvgIpc) is 3.90. The molecule has 1 aromatic rings. The SMILES string of the molecule is CC(C)[C@@H]1NC(=O)[C@H](CC(=O)O)NC(=O)CNC(=O)[C@H](CCCN=C(N)N)NC(=O)[C@H](Cc2ccccc2)NC(=O)[C@H](C)NC(=O)[C@@H]2CCCN2C(=O)[C@H]2CCCN2C1=O. The number of carboxylic acids is 1. The summed E-state index contributed by atoms with van der Waals surface area (Å²) in [5, 5.41) is 24.9. The first-order valence-corrected chi connectivity index (χ1v) is 20.2. The lowest BCUT2D eigenvalue weighted by atomic mass is 10.0. The summed E-state index contributed by atoms with van der Waals surface area (Å²) in [6.07, 6.45) is 0.792. The number of rotatable bonds is 9. The maximum atomic E-state index is 14.1. The Morgan fingerprint density at radius 1 is 0.767 bits per heavy atom. The smallest absolute Gasteiger partial charge is 0.305 e. The zero-order chi connectivity index (χ0) is 44.1. The second-order valence-corrected chi connectivity index (χ2v) is 15.5. The fourth-order valence-corrected chi connectivity index (χ4v) is 7.42. The van der Waals surface area contributed by atoms with Gasteiger partial charge in [-0.05, 0) is 56.9 Å². The largest absolute Gasteiger partial charge is 0.481 e. The molecule has 21 nitrogen and oxygen atoms in total. The van der Waals surface area contributed by atoms with Gasteiger partial charge in [0.1, 0.15) is 42.3 Å². The highest BCUT2D eigenvalue weighted by atomic mass is 16.4. The van der Waals surface area contributed by atoms with Gasteiger partial charge in [0.15, 0.2) is 5.96 Å². The van der Waals surface area contributed by atoms with Gasteiger partial charge >= 0.3 is 5.97 Å². The van der Waals surface area contributed by atoms with Crippen molar-refractivity contribution in [3.8, 4) is 0 Å². The third kappa shape index (κ3) is 12.9. The molecule has 4 rings (SSSR count). The summed E-state index contributed by atoms with van der Waals surface area (Å²) in [5.74, 6) is -8.10. The third-order valence-corrected chi connectivity index (χ3v) is 10.6. The number of carbonyl (C=O) groups is 9. The Morgan fingerprint density at radius 3 is 2.02 bits per heavy atom. The minimum absolute atomic E-state index is 0.0178. The Kier molecular flexibility index (Phi) is 16.7. The third-order valence-electron chi connectivity index (χ3n) is 10.6. The molecular formula is C39H57N11O10. The number of nitrogens with one attached hydrogen (secondary N) is 6. The topological polar surface area (TPSA) is 317 Å². The van der Waals surface area contributed by atoms with Crippen molar-refractivity contribution in [3.63, 3.8) is 0 Å². The summed E-state index contributed by atoms with van der Waals surface area (Å²) < 4.78 is 0. The van der Waals surface area contributed by atoms with Crippen LogP contribution in [-0.2, 0) is 49.6 Å². The van der Waals surface area contributed by atoms with Crippen LogP contribution in [0.25, 0.3) is 0 Å². The molecule has 3 aliphatic rings. The second kappa shape index (κ2) is 21.6. The predicted octanol–water partition coefficient (Wildman–Crippen LogP) is -3.03. The van der Waals surface area contributed by atoms with E-state index in [1.165, 1.54) is 16.7 Å². The van der Waals surface area contributed by atoms with Crippen LogP contribution in [-0.4, -0.2) is 143 Å². The van der Waals surface area contributed by atoms with Crippen molar-refractivity contribution >= 4 is 59.2 Å². The molecule has 3 heterocycles. The van der Waals surface area contributed by atoms with E-state index in [0.717, 1.165) is 0 Å². The highest BCUT2D eigenvalue weighted by molar-refractivity contribution is 5.99. The number of carbonyl (C=O) groups excluding carboxylic acids is 8. The molecule has 0 spiro atoms. The molecule has 8 amide bonds. The highest BCUT2D eigenvalue weighted by Gasteiger charge is 2.45. The van der Waals surface area contributed by atoms with E-state index in [2.05, 4.69) is 36.9 Å². The molecule has 328 valence electrons. The first kappa shape index (κ1) is 46.4. The summed E-state index contributed by atoms with van der Waals surface area (Å²) in [5.41, 5.74) is 11.5. The molecule has 0 unspecified atom stereocenters. The number of amides is 8. The number of aliphatic carboxylic acids is 1. The van der Waals surface area contributed by atoms with Crippen molar-refractivity contribution in [3.05, 3.63) is 35.9 Å². The molecule has 3 fully saturated rings. The number of fused-ring (bicyclic) bond motifs is 2. The normalized spacial score (nSPS) is 26.7. The van der Waals surface area contributed by atoms with Gasteiger partial charge in [-0.2, -0.15) is 0 Å². The van der Waals surface area contributed by atoms with E-state index in [1.54, 1.807) is 44.2 Å². The van der Waals surface area contributed by atoms with Crippen LogP contribution >= 0.6 is 0 Å². The fraction of sp³-hybridized carbons (Fsp3) is 0.590. The van der Waals surface area contributed by atoms with Gasteiger partial charge in [-0.1, -0.05) is 44.2 Å². The zero-order valence-electron chi connectivity index (χ0n) is 34.1. The number of benzene rings is 1. The molecule has 0 aromatic heterocycles. The van der Waals surface area contributed by atoms with Gasteiger partial charge in [0.25, 0.3) is 0 Å². The van der Waals surface area contributed by atoms with E-state index in [4.69, 9.17) is 11.5 Å². The Balaban J connectivity index is 1.69. The monoisotopic (exact) mass is 839 g/mol. The lowest BCUT2D eigenvalue weighted by Gasteiger charge is -2.34. The van der Waals surface area contributed by atoms with Crippen molar-refractivity contribution in [2.45, 2.75) is 114 Å². The van der Waals surface area contributed by atoms with Crippen molar-refractivity contribution < 1.29 is 48.3 Å². The van der Waals surface area contributed by atoms with Crippen molar-refractivity contribution in [1.82, 2.24) is 41.7 Å². The predicted molar refractivity (Wildman–Crippen MR) is 215 cm³/mol.